The summed E-state index contributed by atoms with van der Waals surface area (Å²) in [6.07, 6.45) is 1.76. The van der Waals surface area contributed by atoms with Crippen molar-refractivity contribution in [2.24, 2.45) is 0 Å². The molecule has 0 unspecified atom stereocenters. The molecule has 4 aromatic rings. The van der Waals surface area contributed by atoms with Crippen LogP contribution in [0.3, 0.4) is 0 Å². The number of nitrogens with one attached hydrogen (secondary N) is 3. The third-order valence-electron chi connectivity index (χ3n) is 5.92. The zero-order chi connectivity index (χ0) is 24.2. The lowest BCUT2D eigenvalue weighted by atomic mass is 10.0. The molecular weight excluding hydrogens is 426 g/mol. The van der Waals surface area contributed by atoms with Gasteiger partial charge in [-0.1, -0.05) is 11.6 Å². The highest BCUT2D eigenvalue weighted by Crippen LogP contribution is 2.27. The van der Waals surface area contributed by atoms with E-state index in [-0.39, 0.29) is 5.91 Å². The predicted molar refractivity (Wildman–Crippen MR) is 136 cm³/mol. The highest BCUT2D eigenvalue weighted by molar-refractivity contribution is 6.07. The maximum Gasteiger partial charge on any atom is 0.254 e. The van der Waals surface area contributed by atoms with Gasteiger partial charge in [0.2, 0.25) is 0 Å². The minimum atomic E-state index is -0.0677. The molecule has 0 saturated heterocycles. The molecular formula is C26H31N7O. The molecule has 3 aromatic heterocycles. The van der Waals surface area contributed by atoms with Gasteiger partial charge in [0.05, 0.1) is 40.0 Å². The number of rotatable bonds is 8. The number of hydrogen-bond donors (Lipinski definition) is 3. The van der Waals surface area contributed by atoms with Crippen LogP contribution in [0.5, 0.6) is 0 Å². The molecule has 0 fully saturated rings. The summed E-state index contributed by atoms with van der Waals surface area (Å²) in [4.78, 5) is 24.9. The van der Waals surface area contributed by atoms with E-state index in [1.54, 1.807) is 11.1 Å². The van der Waals surface area contributed by atoms with Crippen LogP contribution in [0.15, 0.2) is 42.6 Å². The SMILES string of the molecule is CNCCNc1ccc(-c2cc(C(=O)N(C)Cc3cn[nH]c3C)c3cc(C)ccc3n2)nc1C. The van der Waals surface area contributed by atoms with E-state index < -0.39 is 0 Å². The summed E-state index contributed by atoms with van der Waals surface area (Å²) in [5.41, 5.74) is 7.71. The van der Waals surface area contributed by atoms with Gasteiger partial charge in [-0.25, -0.2) is 9.97 Å². The summed E-state index contributed by atoms with van der Waals surface area (Å²) in [7, 11) is 3.74. The number of aromatic nitrogens is 4. The molecule has 0 saturated carbocycles. The lowest BCUT2D eigenvalue weighted by Crippen LogP contribution is -2.26. The van der Waals surface area contributed by atoms with E-state index in [9.17, 15) is 4.79 Å². The van der Waals surface area contributed by atoms with Crippen molar-refractivity contribution in [3.63, 3.8) is 0 Å². The number of pyridine rings is 2. The summed E-state index contributed by atoms with van der Waals surface area (Å²) in [5.74, 6) is -0.0677. The number of aryl methyl sites for hydroxylation is 3. The minimum absolute atomic E-state index is 0.0677. The number of benzene rings is 1. The highest BCUT2D eigenvalue weighted by Gasteiger charge is 2.19. The topological polar surface area (TPSA) is 98.8 Å². The Morgan fingerprint density at radius 2 is 1.85 bits per heavy atom. The molecule has 0 bridgehead atoms. The Hall–Kier alpha value is -3.78. The van der Waals surface area contributed by atoms with E-state index in [1.807, 2.05) is 71.3 Å². The van der Waals surface area contributed by atoms with Crippen molar-refractivity contribution >= 4 is 22.5 Å². The van der Waals surface area contributed by atoms with Gasteiger partial charge >= 0.3 is 0 Å². The first kappa shape index (κ1) is 23.4. The van der Waals surface area contributed by atoms with Gasteiger partial charge in [0.25, 0.3) is 5.91 Å². The second-order valence-electron chi connectivity index (χ2n) is 8.62. The van der Waals surface area contributed by atoms with Crippen molar-refractivity contribution in [1.29, 1.82) is 0 Å². The molecule has 0 radical (unpaired) electrons. The molecule has 0 aliphatic rings. The summed E-state index contributed by atoms with van der Waals surface area (Å²) in [5, 5.41) is 14.4. The van der Waals surface area contributed by atoms with Gasteiger partial charge in [0.1, 0.15) is 0 Å². The van der Waals surface area contributed by atoms with Gasteiger partial charge in [0.15, 0.2) is 0 Å². The van der Waals surface area contributed by atoms with Gasteiger partial charge in [-0.2, -0.15) is 5.10 Å². The first-order valence-electron chi connectivity index (χ1n) is 11.4. The lowest BCUT2D eigenvalue weighted by molar-refractivity contribution is 0.0787. The van der Waals surface area contributed by atoms with Gasteiger partial charge in [-0.05, 0) is 58.2 Å². The summed E-state index contributed by atoms with van der Waals surface area (Å²) in [6.45, 7) is 8.09. The average molecular weight is 458 g/mol. The monoisotopic (exact) mass is 457 g/mol. The molecule has 176 valence electrons. The van der Waals surface area contributed by atoms with E-state index in [0.29, 0.717) is 17.8 Å². The zero-order valence-corrected chi connectivity index (χ0v) is 20.4. The Balaban J connectivity index is 1.72. The number of aromatic amines is 1. The van der Waals surface area contributed by atoms with Crippen LogP contribution in [0, 0.1) is 20.8 Å². The number of anilines is 1. The van der Waals surface area contributed by atoms with Crippen molar-refractivity contribution in [3.8, 4) is 11.4 Å². The van der Waals surface area contributed by atoms with E-state index in [2.05, 4.69) is 20.8 Å². The molecule has 4 rings (SSSR count). The molecule has 0 aliphatic heterocycles. The van der Waals surface area contributed by atoms with Crippen molar-refractivity contribution in [2.75, 3.05) is 32.5 Å². The standard InChI is InChI=1S/C26H31N7O/c1-16-6-7-23-20(12-16)21(26(34)33(5)15-19-14-29-32-17(19)2)13-25(31-23)24-9-8-22(18(3)30-24)28-11-10-27-4/h6-9,12-14,27-28H,10-11,15H2,1-5H3,(H,29,32). The lowest BCUT2D eigenvalue weighted by Gasteiger charge is -2.19. The zero-order valence-electron chi connectivity index (χ0n) is 20.4. The van der Waals surface area contributed by atoms with Crippen molar-refractivity contribution < 1.29 is 4.79 Å². The van der Waals surface area contributed by atoms with E-state index in [0.717, 1.165) is 57.9 Å². The Labute approximate surface area is 199 Å². The molecule has 0 aliphatic carbocycles. The van der Waals surface area contributed by atoms with Gasteiger partial charge in [-0.3, -0.25) is 9.89 Å². The third-order valence-corrected chi connectivity index (χ3v) is 5.92. The van der Waals surface area contributed by atoms with E-state index >= 15 is 0 Å². The molecule has 0 atom stereocenters. The molecule has 8 heteroatoms. The average Bonchev–Trinajstić information content (AvgIpc) is 3.23. The number of hydrogen-bond acceptors (Lipinski definition) is 6. The number of nitrogens with zero attached hydrogens (tertiary/aromatic N) is 4. The molecule has 1 amide bonds. The maximum absolute atomic E-state index is 13.6. The van der Waals surface area contributed by atoms with Crippen LogP contribution in [-0.2, 0) is 6.54 Å². The number of amides is 1. The predicted octanol–water partition coefficient (Wildman–Crippen LogP) is 3.85. The maximum atomic E-state index is 13.6. The second kappa shape index (κ2) is 10.0. The van der Waals surface area contributed by atoms with Crippen LogP contribution in [0.25, 0.3) is 22.3 Å². The second-order valence-corrected chi connectivity index (χ2v) is 8.62. The van der Waals surface area contributed by atoms with Crippen LogP contribution in [0.1, 0.15) is 32.9 Å². The number of H-pyrrole nitrogens is 1. The molecule has 34 heavy (non-hydrogen) atoms. The van der Waals surface area contributed by atoms with E-state index in [4.69, 9.17) is 9.97 Å². The molecule has 3 N–H and O–H groups in total. The minimum Gasteiger partial charge on any atom is -0.382 e. The van der Waals surface area contributed by atoms with Crippen molar-refractivity contribution in [1.82, 2.24) is 30.4 Å². The summed E-state index contributed by atoms with van der Waals surface area (Å²) < 4.78 is 0. The third kappa shape index (κ3) is 4.92. The van der Waals surface area contributed by atoms with Crippen molar-refractivity contribution in [2.45, 2.75) is 27.3 Å². The van der Waals surface area contributed by atoms with Crippen LogP contribution >= 0.6 is 0 Å². The smallest absolute Gasteiger partial charge is 0.254 e. The number of likely N-dealkylation sites (N-methyl/N-ethyl adjacent to an activating group) is 1. The fourth-order valence-corrected chi connectivity index (χ4v) is 3.93. The first-order chi connectivity index (χ1) is 16.4. The fourth-order valence-electron chi connectivity index (χ4n) is 3.93. The van der Waals surface area contributed by atoms with Gasteiger partial charge < -0.3 is 15.5 Å². The Morgan fingerprint density at radius 1 is 1.03 bits per heavy atom. The summed E-state index contributed by atoms with van der Waals surface area (Å²) >= 11 is 0. The highest BCUT2D eigenvalue weighted by atomic mass is 16.2. The quantitative estimate of drug-likeness (QED) is 0.348. The Bertz CT molecular complexity index is 1330. The number of carbonyl (C=O) groups is 1. The van der Waals surface area contributed by atoms with Crippen LogP contribution in [0.2, 0.25) is 0 Å². The largest absolute Gasteiger partial charge is 0.382 e. The molecule has 8 nitrogen and oxygen atoms in total. The van der Waals surface area contributed by atoms with Gasteiger partial charge in [0, 0.05) is 43.3 Å². The first-order valence-corrected chi connectivity index (χ1v) is 11.4. The van der Waals surface area contributed by atoms with Gasteiger partial charge in [-0.15, -0.1) is 0 Å². The van der Waals surface area contributed by atoms with Crippen LogP contribution in [0.4, 0.5) is 5.69 Å². The fraction of sp³-hybridized carbons (Fsp3) is 0.308. The molecule has 0 spiro atoms. The number of fused-ring (bicyclic) bond motifs is 1. The Morgan fingerprint density at radius 3 is 2.56 bits per heavy atom. The van der Waals surface area contributed by atoms with Crippen molar-refractivity contribution in [3.05, 3.63) is 70.7 Å². The number of carbonyl (C=O) groups excluding carboxylic acids is 1. The van der Waals surface area contributed by atoms with Crippen LogP contribution < -0.4 is 10.6 Å². The Kier molecular flexibility index (Phi) is 6.88. The van der Waals surface area contributed by atoms with E-state index in [1.165, 1.54) is 0 Å². The van der Waals surface area contributed by atoms with Crippen LogP contribution in [-0.4, -0.2) is 58.2 Å². The normalized spacial score (nSPS) is 11.1. The molecule has 3 heterocycles. The summed E-state index contributed by atoms with van der Waals surface area (Å²) in [6, 6.07) is 11.8. The molecule has 1 aromatic carbocycles.